The van der Waals surface area contributed by atoms with E-state index in [1.165, 1.54) is 0 Å². The lowest BCUT2D eigenvalue weighted by atomic mass is 9.99. The van der Waals surface area contributed by atoms with Crippen LogP contribution in [0.25, 0.3) is 5.52 Å². The lowest BCUT2D eigenvalue weighted by Crippen LogP contribution is -2.09. The standard InChI is InChI=1S/C29H24N2O2.C2H2O4/c1-21-26(18-15-23-9-5-7-19-30-23)31-20-8-6-12-27(31)28(21)29(32)22-13-16-25(17-14-22)33-24-10-3-2-4-11-24;3-1(4)2(5)6/h2-14,16-17,19-20H,15,18H2,1H3;(H,3,4)(H,5,6). The van der Waals surface area contributed by atoms with E-state index in [1.54, 1.807) is 0 Å². The van der Waals surface area contributed by atoms with Crippen LogP contribution in [0.3, 0.4) is 0 Å². The van der Waals surface area contributed by atoms with Gasteiger partial charge in [-0.2, -0.15) is 0 Å². The summed E-state index contributed by atoms with van der Waals surface area (Å²) in [6.07, 6.45) is 5.48. The Morgan fingerprint density at radius 1 is 0.769 bits per heavy atom. The number of carboxylic acid groups (broad SMARTS) is 2. The van der Waals surface area contributed by atoms with E-state index in [4.69, 9.17) is 24.5 Å². The van der Waals surface area contributed by atoms with E-state index >= 15 is 0 Å². The van der Waals surface area contributed by atoms with Gasteiger partial charge in [0.2, 0.25) is 0 Å². The number of para-hydroxylation sites is 1. The number of fused-ring (bicyclic) bond motifs is 1. The summed E-state index contributed by atoms with van der Waals surface area (Å²) in [6, 6.07) is 28.9. The number of hydrogen-bond acceptors (Lipinski definition) is 5. The van der Waals surface area contributed by atoms with E-state index in [-0.39, 0.29) is 5.78 Å². The second-order valence-electron chi connectivity index (χ2n) is 8.60. The van der Waals surface area contributed by atoms with Gasteiger partial charge in [-0.05, 0) is 86.0 Å². The van der Waals surface area contributed by atoms with Crippen LogP contribution in [0.1, 0.15) is 32.9 Å². The summed E-state index contributed by atoms with van der Waals surface area (Å²) in [5.74, 6) is -2.16. The molecule has 5 rings (SSSR count). The minimum atomic E-state index is -1.82. The number of hydrogen-bond donors (Lipinski definition) is 2. The van der Waals surface area contributed by atoms with Crippen molar-refractivity contribution in [2.24, 2.45) is 0 Å². The van der Waals surface area contributed by atoms with Crippen LogP contribution in [0.4, 0.5) is 0 Å². The Bertz CT molecular complexity index is 1580. The van der Waals surface area contributed by atoms with Crippen LogP contribution in [0, 0.1) is 6.92 Å². The van der Waals surface area contributed by atoms with Crippen molar-refractivity contribution < 1.29 is 29.3 Å². The molecule has 0 aliphatic heterocycles. The number of ether oxygens (including phenoxy) is 1. The predicted molar refractivity (Wildman–Crippen MR) is 145 cm³/mol. The zero-order valence-electron chi connectivity index (χ0n) is 21.2. The monoisotopic (exact) mass is 522 g/mol. The highest BCUT2D eigenvalue weighted by atomic mass is 16.5. The molecule has 5 aromatic rings. The number of carbonyl (C=O) groups excluding carboxylic acids is 1. The third kappa shape index (κ3) is 6.56. The quantitative estimate of drug-likeness (QED) is 0.211. The number of ketones is 1. The van der Waals surface area contributed by atoms with Gasteiger partial charge in [0.15, 0.2) is 5.78 Å². The molecule has 8 nitrogen and oxygen atoms in total. The van der Waals surface area contributed by atoms with Crippen molar-refractivity contribution in [3.05, 3.63) is 131 Å². The van der Waals surface area contributed by atoms with Crippen LogP contribution in [0.15, 0.2) is 103 Å². The number of benzene rings is 2. The molecule has 0 fully saturated rings. The number of carboxylic acids is 2. The molecule has 0 saturated heterocycles. The van der Waals surface area contributed by atoms with Crippen molar-refractivity contribution in [3.8, 4) is 11.5 Å². The Hall–Kier alpha value is -5.24. The van der Waals surface area contributed by atoms with Gasteiger partial charge in [-0.3, -0.25) is 9.78 Å². The minimum absolute atomic E-state index is 0.0200. The number of aryl methyl sites for hydroxylation is 2. The first kappa shape index (κ1) is 26.8. The van der Waals surface area contributed by atoms with Gasteiger partial charge >= 0.3 is 11.9 Å². The number of rotatable bonds is 7. The Morgan fingerprint density at radius 2 is 1.41 bits per heavy atom. The van der Waals surface area contributed by atoms with Gasteiger partial charge in [0.1, 0.15) is 11.5 Å². The summed E-state index contributed by atoms with van der Waals surface area (Å²) in [7, 11) is 0. The minimum Gasteiger partial charge on any atom is -0.473 e. The Labute approximate surface area is 224 Å². The van der Waals surface area contributed by atoms with Crippen molar-refractivity contribution in [2.75, 3.05) is 0 Å². The average Bonchev–Trinajstić information content (AvgIpc) is 3.24. The van der Waals surface area contributed by atoms with Crippen LogP contribution in [-0.2, 0) is 22.4 Å². The van der Waals surface area contributed by atoms with Crippen LogP contribution >= 0.6 is 0 Å². The second-order valence-corrected chi connectivity index (χ2v) is 8.60. The summed E-state index contributed by atoms with van der Waals surface area (Å²) in [5.41, 5.74) is 5.54. The topological polar surface area (TPSA) is 118 Å². The molecule has 0 saturated carbocycles. The zero-order valence-corrected chi connectivity index (χ0v) is 21.2. The van der Waals surface area contributed by atoms with Crippen molar-refractivity contribution in [2.45, 2.75) is 19.8 Å². The number of aliphatic carboxylic acids is 2. The highest BCUT2D eigenvalue weighted by Gasteiger charge is 2.21. The molecule has 2 N–H and O–H groups in total. The summed E-state index contributed by atoms with van der Waals surface area (Å²) in [6.45, 7) is 2.04. The van der Waals surface area contributed by atoms with E-state index in [9.17, 15) is 4.79 Å². The first-order valence-electron chi connectivity index (χ1n) is 12.2. The van der Waals surface area contributed by atoms with Gasteiger partial charge in [-0.1, -0.05) is 30.3 Å². The Morgan fingerprint density at radius 3 is 2.05 bits per heavy atom. The van der Waals surface area contributed by atoms with Gasteiger partial charge in [-0.25, -0.2) is 9.59 Å². The van der Waals surface area contributed by atoms with E-state index in [1.807, 2.05) is 110 Å². The number of aromatic nitrogens is 2. The smallest absolute Gasteiger partial charge is 0.414 e. The van der Waals surface area contributed by atoms with E-state index in [2.05, 4.69) is 9.38 Å². The van der Waals surface area contributed by atoms with Crippen LogP contribution in [-0.4, -0.2) is 37.3 Å². The molecule has 0 unspecified atom stereocenters. The normalized spacial score (nSPS) is 10.4. The molecule has 0 spiro atoms. The fourth-order valence-corrected chi connectivity index (χ4v) is 4.23. The van der Waals surface area contributed by atoms with Gasteiger partial charge in [-0.15, -0.1) is 0 Å². The summed E-state index contributed by atoms with van der Waals surface area (Å²) in [5, 5.41) is 14.8. The molecule has 0 atom stereocenters. The molecule has 0 amide bonds. The van der Waals surface area contributed by atoms with Crippen LogP contribution in [0.2, 0.25) is 0 Å². The fourth-order valence-electron chi connectivity index (χ4n) is 4.23. The summed E-state index contributed by atoms with van der Waals surface area (Å²) >= 11 is 0. The molecule has 0 aliphatic carbocycles. The molecule has 3 aromatic heterocycles. The van der Waals surface area contributed by atoms with Crippen LogP contribution in [0.5, 0.6) is 11.5 Å². The number of nitrogens with zero attached hydrogens (tertiary/aromatic N) is 2. The Balaban J connectivity index is 0.000000531. The zero-order chi connectivity index (χ0) is 27.8. The molecule has 0 bridgehead atoms. The third-order valence-electron chi connectivity index (χ3n) is 6.06. The van der Waals surface area contributed by atoms with Gasteiger partial charge in [0.05, 0.1) is 11.1 Å². The Kier molecular flexibility index (Phi) is 8.48. The second kappa shape index (κ2) is 12.3. The SMILES string of the molecule is Cc1c(C(=O)c2ccc(Oc3ccccc3)cc2)c2ccccn2c1CCc1ccccn1.O=C(O)C(=O)O. The first-order chi connectivity index (χ1) is 18.8. The predicted octanol–water partition coefficient (Wildman–Crippen LogP) is 5.61. The largest absolute Gasteiger partial charge is 0.473 e. The van der Waals surface area contributed by atoms with E-state index < -0.39 is 11.9 Å². The highest BCUT2D eigenvalue weighted by Crippen LogP contribution is 2.28. The maximum absolute atomic E-state index is 13.6. The molecular formula is C31H26N2O6. The molecule has 3 heterocycles. The molecule has 0 aliphatic rings. The van der Waals surface area contributed by atoms with E-state index in [0.29, 0.717) is 11.3 Å². The molecule has 0 radical (unpaired) electrons. The maximum atomic E-state index is 13.6. The molecule has 39 heavy (non-hydrogen) atoms. The molecule has 2 aromatic carbocycles. The summed E-state index contributed by atoms with van der Waals surface area (Å²) in [4.78, 5) is 36.2. The maximum Gasteiger partial charge on any atom is 0.414 e. The third-order valence-corrected chi connectivity index (χ3v) is 6.06. The first-order valence-corrected chi connectivity index (χ1v) is 12.2. The molecule has 8 heteroatoms. The molecular weight excluding hydrogens is 496 g/mol. The number of pyridine rings is 2. The average molecular weight is 523 g/mol. The highest BCUT2D eigenvalue weighted by molar-refractivity contribution is 6.27. The lowest BCUT2D eigenvalue weighted by Gasteiger charge is -2.07. The van der Waals surface area contributed by atoms with Crippen molar-refractivity contribution in [3.63, 3.8) is 0 Å². The van der Waals surface area contributed by atoms with Gasteiger partial charge in [0.25, 0.3) is 0 Å². The van der Waals surface area contributed by atoms with Crippen LogP contribution < -0.4 is 4.74 Å². The fraction of sp³-hybridized carbons (Fsp3) is 0.0968. The van der Waals surface area contributed by atoms with E-state index in [0.717, 1.165) is 46.6 Å². The van der Waals surface area contributed by atoms with Crippen molar-refractivity contribution >= 4 is 23.2 Å². The summed E-state index contributed by atoms with van der Waals surface area (Å²) < 4.78 is 8.01. The van der Waals surface area contributed by atoms with Gasteiger partial charge in [0, 0.05) is 29.3 Å². The lowest BCUT2D eigenvalue weighted by molar-refractivity contribution is -0.159. The number of carbonyl (C=O) groups is 3. The van der Waals surface area contributed by atoms with Crippen molar-refractivity contribution in [1.29, 1.82) is 0 Å². The van der Waals surface area contributed by atoms with Crippen molar-refractivity contribution in [1.82, 2.24) is 9.38 Å². The van der Waals surface area contributed by atoms with Gasteiger partial charge < -0.3 is 19.4 Å². The molecule has 196 valence electrons.